The molecule has 1 unspecified atom stereocenters. The monoisotopic (exact) mass is 281 g/mol. The Morgan fingerprint density at radius 3 is 3.00 bits per heavy atom. The summed E-state index contributed by atoms with van der Waals surface area (Å²) in [4.78, 5) is 11.9. The molecule has 19 heavy (non-hydrogen) atoms. The number of ether oxygens (including phenoxy) is 1. The second-order valence-corrected chi connectivity index (χ2v) is 4.86. The van der Waals surface area contributed by atoms with E-state index in [0.717, 1.165) is 5.39 Å². The maximum absolute atomic E-state index is 11.9. The van der Waals surface area contributed by atoms with Crippen molar-refractivity contribution in [3.05, 3.63) is 36.1 Å². The molecule has 0 aliphatic carbocycles. The molecular weight excluding hydrogens is 266 g/mol. The maximum atomic E-state index is 11.9. The molecule has 102 valence electrons. The highest BCUT2D eigenvalue weighted by atomic mass is 35.5. The molecule has 2 rings (SSSR count). The van der Waals surface area contributed by atoms with E-state index in [4.69, 9.17) is 20.8 Å². The number of carbonyl (C=O) groups is 1. The molecule has 1 atom stereocenters. The molecule has 1 aromatic heterocycles. The number of nitrogens with one attached hydrogen (secondary N) is 1. The molecular formula is C14H16ClNO3. The average molecular weight is 282 g/mol. The van der Waals surface area contributed by atoms with Gasteiger partial charge in [-0.2, -0.15) is 0 Å². The van der Waals surface area contributed by atoms with Crippen LogP contribution >= 0.6 is 11.6 Å². The van der Waals surface area contributed by atoms with Gasteiger partial charge >= 0.3 is 0 Å². The second kappa shape index (κ2) is 6.59. The van der Waals surface area contributed by atoms with Crippen molar-refractivity contribution in [3.63, 3.8) is 0 Å². The van der Waals surface area contributed by atoms with Gasteiger partial charge in [0.25, 0.3) is 5.91 Å². The fourth-order valence-electron chi connectivity index (χ4n) is 1.79. The van der Waals surface area contributed by atoms with Gasteiger partial charge in [-0.25, -0.2) is 0 Å². The van der Waals surface area contributed by atoms with Crippen molar-refractivity contribution in [2.24, 2.45) is 0 Å². The molecule has 0 saturated heterocycles. The molecule has 1 N–H and O–H groups in total. The summed E-state index contributed by atoms with van der Waals surface area (Å²) in [6.45, 7) is 0.968. The van der Waals surface area contributed by atoms with Crippen molar-refractivity contribution in [2.45, 2.75) is 11.8 Å². The molecule has 1 amide bonds. The Balaban J connectivity index is 1.89. The summed E-state index contributed by atoms with van der Waals surface area (Å²) in [5, 5.41) is 3.60. The van der Waals surface area contributed by atoms with Crippen LogP contribution in [0.2, 0.25) is 0 Å². The molecule has 4 nitrogen and oxygen atoms in total. The number of amides is 1. The summed E-state index contributed by atoms with van der Waals surface area (Å²) >= 11 is 5.97. The normalized spacial score (nSPS) is 12.5. The number of benzene rings is 1. The number of carbonyl (C=O) groups excluding carboxylic acids is 1. The van der Waals surface area contributed by atoms with E-state index in [1.54, 1.807) is 13.2 Å². The van der Waals surface area contributed by atoms with Gasteiger partial charge in [0.05, 0.1) is 12.0 Å². The third-order valence-electron chi connectivity index (χ3n) is 2.74. The number of fused-ring (bicyclic) bond motifs is 1. The summed E-state index contributed by atoms with van der Waals surface area (Å²) < 4.78 is 10.4. The summed E-state index contributed by atoms with van der Waals surface area (Å²) in [6, 6.07) is 9.25. The number of furan rings is 1. The van der Waals surface area contributed by atoms with Crippen LogP contribution < -0.4 is 5.32 Å². The van der Waals surface area contributed by atoms with Gasteiger partial charge < -0.3 is 14.5 Å². The van der Waals surface area contributed by atoms with E-state index in [9.17, 15) is 4.79 Å². The van der Waals surface area contributed by atoms with Crippen LogP contribution in [0.1, 0.15) is 17.0 Å². The first-order chi connectivity index (χ1) is 9.20. The van der Waals surface area contributed by atoms with Crippen LogP contribution in [0.15, 0.2) is 34.7 Å². The quantitative estimate of drug-likeness (QED) is 0.829. The molecule has 0 radical (unpaired) electrons. The Bertz CT molecular complexity index is 519. The van der Waals surface area contributed by atoms with Gasteiger partial charge in [0.2, 0.25) is 0 Å². The lowest BCUT2D eigenvalue weighted by Gasteiger charge is -2.08. The SMILES string of the molecule is COCC(Cl)CCNC(=O)c1cc2ccccc2o1. The first-order valence-electron chi connectivity index (χ1n) is 6.10. The van der Waals surface area contributed by atoms with Crippen LogP contribution in [0, 0.1) is 0 Å². The van der Waals surface area contributed by atoms with Gasteiger partial charge in [-0.3, -0.25) is 4.79 Å². The standard InChI is InChI=1S/C14H16ClNO3/c1-18-9-11(15)6-7-16-14(17)13-8-10-4-2-3-5-12(10)19-13/h2-5,8,11H,6-7,9H2,1H3,(H,16,17). The van der Waals surface area contributed by atoms with E-state index in [0.29, 0.717) is 30.9 Å². The fourth-order valence-corrected chi connectivity index (χ4v) is 2.02. The topological polar surface area (TPSA) is 51.5 Å². The summed E-state index contributed by atoms with van der Waals surface area (Å²) in [5.74, 6) is 0.0940. The maximum Gasteiger partial charge on any atom is 0.287 e. The van der Waals surface area contributed by atoms with Gasteiger partial charge in [-0.05, 0) is 18.6 Å². The van der Waals surface area contributed by atoms with Crippen LogP contribution in [0.5, 0.6) is 0 Å². The Hall–Kier alpha value is -1.52. The van der Waals surface area contributed by atoms with Crippen molar-refractivity contribution < 1.29 is 13.9 Å². The highest BCUT2D eigenvalue weighted by Crippen LogP contribution is 2.18. The van der Waals surface area contributed by atoms with Crippen molar-refractivity contribution in [1.82, 2.24) is 5.32 Å². The Morgan fingerprint density at radius 2 is 2.26 bits per heavy atom. The highest BCUT2D eigenvalue weighted by Gasteiger charge is 2.12. The molecule has 0 aliphatic rings. The lowest BCUT2D eigenvalue weighted by molar-refractivity contribution is 0.0926. The molecule has 0 spiro atoms. The Labute approximate surface area is 116 Å². The van der Waals surface area contributed by atoms with Crippen LogP contribution in [-0.4, -0.2) is 31.5 Å². The molecule has 0 bridgehead atoms. The number of halogens is 1. The number of rotatable bonds is 6. The third-order valence-corrected chi connectivity index (χ3v) is 3.08. The van der Waals surface area contributed by atoms with Gasteiger partial charge in [0, 0.05) is 19.0 Å². The van der Waals surface area contributed by atoms with Gasteiger partial charge in [0.15, 0.2) is 5.76 Å². The number of hydrogen-bond acceptors (Lipinski definition) is 3. The molecule has 1 heterocycles. The van der Waals surface area contributed by atoms with E-state index in [1.165, 1.54) is 0 Å². The third kappa shape index (κ3) is 3.72. The summed E-state index contributed by atoms with van der Waals surface area (Å²) in [6.07, 6.45) is 0.654. The van der Waals surface area contributed by atoms with Gasteiger partial charge in [-0.15, -0.1) is 11.6 Å². The minimum Gasteiger partial charge on any atom is -0.451 e. The number of alkyl halides is 1. The summed E-state index contributed by atoms with van der Waals surface area (Å²) in [7, 11) is 1.60. The van der Waals surface area contributed by atoms with Crippen LogP contribution in [0.3, 0.4) is 0 Å². The minimum absolute atomic E-state index is 0.0963. The number of methoxy groups -OCH3 is 1. The molecule has 0 aliphatic heterocycles. The number of para-hydroxylation sites is 1. The van der Waals surface area contributed by atoms with Crippen LogP contribution in [0.25, 0.3) is 11.0 Å². The Kier molecular flexibility index (Phi) is 4.82. The smallest absolute Gasteiger partial charge is 0.287 e. The molecule has 0 fully saturated rings. The lowest BCUT2D eigenvalue weighted by atomic mass is 10.2. The summed E-state index contributed by atoms with van der Waals surface area (Å²) in [5.41, 5.74) is 0.710. The molecule has 5 heteroatoms. The van der Waals surface area contributed by atoms with Crippen molar-refractivity contribution >= 4 is 28.5 Å². The van der Waals surface area contributed by atoms with Gasteiger partial charge in [0.1, 0.15) is 5.58 Å². The molecule has 2 aromatic rings. The zero-order valence-electron chi connectivity index (χ0n) is 10.7. The highest BCUT2D eigenvalue weighted by molar-refractivity contribution is 6.20. The minimum atomic E-state index is -0.225. The average Bonchev–Trinajstić information content (AvgIpc) is 2.82. The lowest BCUT2D eigenvalue weighted by Crippen LogP contribution is -2.26. The molecule has 1 aromatic carbocycles. The van der Waals surface area contributed by atoms with E-state index in [-0.39, 0.29) is 11.3 Å². The van der Waals surface area contributed by atoms with Crippen LogP contribution in [-0.2, 0) is 4.74 Å². The predicted molar refractivity (Wildman–Crippen MR) is 74.7 cm³/mol. The fraction of sp³-hybridized carbons (Fsp3) is 0.357. The van der Waals surface area contributed by atoms with Crippen molar-refractivity contribution in [1.29, 1.82) is 0 Å². The van der Waals surface area contributed by atoms with E-state index in [2.05, 4.69) is 5.32 Å². The van der Waals surface area contributed by atoms with Crippen LogP contribution in [0.4, 0.5) is 0 Å². The van der Waals surface area contributed by atoms with E-state index < -0.39 is 0 Å². The first kappa shape index (κ1) is 13.9. The zero-order chi connectivity index (χ0) is 13.7. The van der Waals surface area contributed by atoms with Crippen molar-refractivity contribution in [2.75, 3.05) is 20.3 Å². The zero-order valence-corrected chi connectivity index (χ0v) is 11.4. The molecule has 0 saturated carbocycles. The Morgan fingerprint density at radius 1 is 1.47 bits per heavy atom. The first-order valence-corrected chi connectivity index (χ1v) is 6.54. The van der Waals surface area contributed by atoms with E-state index in [1.807, 2.05) is 24.3 Å². The van der Waals surface area contributed by atoms with Gasteiger partial charge in [-0.1, -0.05) is 18.2 Å². The largest absolute Gasteiger partial charge is 0.451 e. The predicted octanol–water partition coefficient (Wildman–Crippen LogP) is 2.81. The van der Waals surface area contributed by atoms with Crippen molar-refractivity contribution in [3.8, 4) is 0 Å². The second-order valence-electron chi connectivity index (χ2n) is 4.25. The van der Waals surface area contributed by atoms with E-state index >= 15 is 0 Å². The number of hydrogen-bond donors (Lipinski definition) is 1.